The Labute approximate surface area is 349 Å². The van der Waals surface area contributed by atoms with E-state index < -0.39 is 114 Å². The van der Waals surface area contributed by atoms with Gasteiger partial charge in [-0.25, -0.2) is 0 Å². The van der Waals surface area contributed by atoms with E-state index in [0.29, 0.717) is 32.1 Å². The third-order valence-electron chi connectivity index (χ3n) is 18.0. The minimum Gasteiger partial charge on any atom is -0.457 e. The molecule has 340 valence electrons. The third kappa shape index (κ3) is 6.98. The maximum absolute atomic E-state index is 12.3. The molecule has 21 atom stereocenters. The Morgan fingerprint density at radius 3 is 2.00 bits per heavy atom. The molecule has 4 aliphatic carbocycles. The fourth-order valence-electron chi connectivity index (χ4n) is 14.8. The second-order valence-corrected chi connectivity index (χ2v) is 22.0. The molecule has 59 heavy (non-hydrogen) atoms. The van der Waals surface area contributed by atoms with Crippen molar-refractivity contribution < 1.29 is 74.1 Å². The number of hydrogen-bond donors (Lipinski definition) is 8. The molecule has 21 unspecified atom stereocenters. The van der Waals surface area contributed by atoms with Crippen molar-refractivity contribution in [2.45, 2.75) is 212 Å². The van der Waals surface area contributed by atoms with Gasteiger partial charge in [0, 0.05) is 12.8 Å². The molecule has 7 aliphatic rings. The summed E-state index contributed by atoms with van der Waals surface area (Å²) in [5.41, 5.74) is -3.91. The van der Waals surface area contributed by atoms with Gasteiger partial charge < -0.3 is 69.3 Å². The Bertz CT molecular complexity index is 1550. The van der Waals surface area contributed by atoms with Crippen LogP contribution in [0.1, 0.15) is 121 Å². The van der Waals surface area contributed by atoms with Gasteiger partial charge in [-0.1, -0.05) is 41.5 Å². The Balaban J connectivity index is 1.26. The van der Waals surface area contributed by atoms with Gasteiger partial charge in [0.15, 0.2) is 18.7 Å². The fraction of sp³-hybridized carbons (Fsp3) is 0.977. The molecule has 4 saturated carbocycles. The van der Waals surface area contributed by atoms with Crippen LogP contribution < -0.4 is 0 Å². The monoisotopic (exact) mass is 843 g/mol. The van der Waals surface area contributed by atoms with E-state index in [4.69, 9.17) is 28.4 Å². The Morgan fingerprint density at radius 1 is 0.746 bits per heavy atom. The Kier molecular flexibility index (Phi) is 11.9. The molecule has 0 spiro atoms. The van der Waals surface area contributed by atoms with E-state index in [0.717, 1.165) is 19.3 Å². The average molecular weight is 843 g/mol. The summed E-state index contributed by atoms with van der Waals surface area (Å²) in [5, 5.41) is 88.1. The summed E-state index contributed by atoms with van der Waals surface area (Å²) in [6.07, 6.45) is -9.24. The van der Waals surface area contributed by atoms with Gasteiger partial charge in [0.2, 0.25) is 0 Å². The van der Waals surface area contributed by atoms with Gasteiger partial charge in [0.05, 0.1) is 48.8 Å². The van der Waals surface area contributed by atoms with Crippen molar-refractivity contribution in [3.63, 3.8) is 0 Å². The van der Waals surface area contributed by atoms with Crippen LogP contribution in [-0.4, -0.2) is 151 Å². The molecule has 0 amide bonds. The zero-order valence-corrected chi connectivity index (χ0v) is 36.7. The zero-order chi connectivity index (χ0) is 43.6. The maximum atomic E-state index is 12.3. The van der Waals surface area contributed by atoms with Crippen LogP contribution in [0.3, 0.4) is 0 Å². The van der Waals surface area contributed by atoms with Crippen LogP contribution in [0.4, 0.5) is 0 Å². The van der Waals surface area contributed by atoms with Gasteiger partial charge in [-0.3, -0.25) is 4.79 Å². The molecule has 0 aromatic carbocycles. The van der Waals surface area contributed by atoms with Gasteiger partial charge in [-0.05, 0) is 111 Å². The summed E-state index contributed by atoms with van der Waals surface area (Å²) in [7, 11) is 0. The molecule has 15 heteroatoms. The van der Waals surface area contributed by atoms with Crippen LogP contribution in [0.15, 0.2) is 0 Å². The SMILES string of the molecule is CC(=O)OC1C(O)COC(OC2CCC3(C)C(C(OC4OC(CO)C(O)C(O)C4O)CC4C5(C)CC(O)C(C6(C)CCC(C(C)(C)O)O6)C5(C)CCC43C)C2(C)C)C1O. The summed E-state index contributed by atoms with van der Waals surface area (Å²) >= 11 is 0. The highest BCUT2D eigenvalue weighted by Crippen LogP contribution is 2.79. The summed E-state index contributed by atoms with van der Waals surface area (Å²) in [5.74, 6) is -1.15. The number of aliphatic hydroxyl groups is 8. The number of aliphatic hydroxyl groups excluding tert-OH is 7. The third-order valence-corrected chi connectivity index (χ3v) is 18.0. The first-order valence-corrected chi connectivity index (χ1v) is 22.0. The lowest BCUT2D eigenvalue weighted by Gasteiger charge is -2.73. The Hall–Kier alpha value is -1.05. The van der Waals surface area contributed by atoms with Gasteiger partial charge in [-0.15, -0.1) is 0 Å². The molecule has 0 bridgehead atoms. The standard InChI is InChI=1S/C44H74O15/c1-21(46)55-33-23(48)20-54-36(32(33)52)58-27-11-13-41(7)35(38(27,2)3)24(56-37-31(51)30(50)29(49)25(19-45)57-37)17-26-40(41,6)15-16-42(8)34(22(47)18-43(26,42)9)44(10)14-12-28(59-44)39(4,5)53/h22-37,45,47-53H,11-20H2,1-10H3. The first-order valence-electron chi connectivity index (χ1n) is 22.0. The van der Waals surface area contributed by atoms with Crippen molar-refractivity contribution in [3.8, 4) is 0 Å². The molecular formula is C44H74O15. The molecule has 15 nitrogen and oxygen atoms in total. The molecule has 3 aliphatic heterocycles. The zero-order valence-electron chi connectivity index (χ0n) is 36.7. The minimum atomic E-state index is -1.63. The summed E-state index contributed by atoms with van der Waals surface area (Å²) in [4.78, 5) is 11.9. The highest BCUT2D eigenvalue weighted by atomic mass is 16.7. The van der Waals surface area contributed by atoms with E-state index in [1.165, 1.54) is 6.92 Å². The normalized spacial score (nSPS) is 54.9. The van der Waals surface area contributed by atoms with E-state index in [9.17, 15) is 45.6 Å². The topological polar surface area (TPSA) is 234 Å². The number of fused-ring (bicyclic) bond motifs is 5. The molecule has 7 fully saturated rings. The summed E-state index contributed by atoms with van der Waals surface area (Å²) in [6, 6.07) is 0. The van der Waals surface area contributed by atoms with Crippen LogP contribution in [0.25, 0.3) is 0 Å². The van der Waals surface area contributed by atoms with E-state index in [1.807, 2.05) is 0 Å². The molecule has 3 saturated heterocycles. The smallest absolute Gasteiger partial charge is 0.303 e. The molecule has 7 rings (SSSR count). The highest BCUT2D eigenvalue weighted by Gasteiger charge is 2.77. The second-order valence-electron chi connectivity index (χ2n) is 22.0. The predicted molar refractivity (Wildman–Crippen MR) is 210 cm³/mol. The van der Waals surface area contributed by atoms with Crippen LogP contribution in [0, 0.1) is 44.8 Å². The average Bonchev–Trinajstić information content (AvgIpc) is 3.64. The van der Waals surface area contributed by atoms with Gasteiger partial charge >= 0.3 is 5.97 Å². The fourth-order valence-corrected chi connectivity index (χ4v) is 14.8. The van der Waals surface area contributed by atoms with Crippen LogP contribution in [-0.2, 0) is 33.2 Å². The minimum absolute atomic E-state index is 0.0117. The molecule has 0 aromatic rings. The Morgan fingerprint density at radius 2 is 1.39 bits per heavy atom. The summed E-state index contributed by atoms with van der Waals surface area (Å²) in [6.45, 7) is 19.6. The van der Waals surface area contributed by atoms with Crippen LogP contribution in [0.2, 0.25) is 0 Å². The van der Waals surface area contributed by atoms with Crippen molar-refractivity contribution in [1.82, 2.24) is 0 Å². The quantitative estimate of drug-likeness (QED) is 0.129. The van der Waals surface area contributed by atoms with E-state index >= 15 is 0 Å². The lowest BCUT2D eigenvalue weighted by Crippen LogP contribution is -2.71. The van der Waals surface area contributed by atoms with Crippen molar-refractivity contribution in [2.75, 3.05) is 13.2 Å². The number of esters is 1. The van der Waals surface area contributed by atoms with Gasteiger partial charge in [0.1, 0.15) is 36.6 Å². The van der Waals surface area contributed by atoms with Crippen molar-refractivity contribution in [1.29, 1.82) is 0 Å². The molecule has 8 N–H and O–H groups in total. The van der Waals surface area contributed by atoms with Crippen molar-refractivity contribution in [2.24, 2.45) is 44.8 Å². The molecule has 0 aromatic heterocycles. The van der Waals surface area contributed by atoms with E-state index in [1.54, 1.807) is 13.8 Å². The number of ether oxygens (including phenoxy) is 6. The lowest BCUT2D eigenvalue weighted by molar-refractivity contribution is -0.356. The molecular weight excluding hydrogens is 768 g/mol. The van der Waals surface area contributed by atoms with E-state index in [-0.39, 0.29) is 41.3 Å². The lowest BCUT2D eigenvalue weighted by atomic mass is 9.32. The first-order chi connectivity index (χ1) is 27.2. The van der Waals surface area contributed by atoms with Crippen molar-refractivity contribution in [3.05, 3.63) is 0 Å². The van der Waals surface area contributed by atoms with Crippen molar-refractivity contribution >= 4 is 5.97 Å². The number of hydrogen-bond acceptors (Lipinski definition) is 15. The van der Waals surface area contributed by atoms with Gasteiger partial charge in [0.25, 0.3) is 0 Å². The highest BCUT2D eigenvalue weighted by molar-refractivity contribution is 5.66. The maximum Gasteiger partial charge on any atom is 0.303 e. The number of rotatable bonds is 8. The van der Waals surface area contributed by atoms with Crippen LogP contribution in [0.5, 0.6) is 0 Å². The predicted octanol–water partition coefficient (Wildman–Crippen LogP) is 1.93. The largest absolute Gasteiger partial charge is 0.457 e. The molecule has 0 radical (unpaired) electrons. The first kappa shape index (κ1) is 46.0. The summed E-state index contributed by atoms with van der Waals surface area (Å²) < 4.78 is 37.5. The van der Waals surface area contributed by atoms with Crippen LogP contribution >= 0.6 is 0 Å². The number of carbonyl (C=O) groups is 1. The molecule has 3 heterocycles. The second kappa shape index (κ2) is 15.3. The van der Waals surface area contributed by atoms with Gasteiger partial charge in [-0.2, -0.15) is 0 Å². The number of carbonyl (C=O) groups excluding carboxylic acids is 1. The van der Waals surface area contributed by atoms with E-state index in [2.05, 4.69) is 48.5 Å².